The summed E-state index contributed by atoms with van der Waals surface area (Å²) < 4.78 is 43.2. The fourth-order valence-electron chi connectivity index (χ4n) is 9.10. The number of carboxylic acids is 1. The van der Waals surface area contributed by atoms with Gasteiger partial charge in [-0.3, -0.25) is 19.8 Å². The summed E-state index contributed by atoms with van der Waals surface area (Å²) in [7, 11) is 1.32. The number of likely N-dealkylation sites (tertiary alicyclic amines) is 1. The number of carboxylic acid groups (broad SMARTS) is 1. The molecule has 0 aromatic carbocycles. The molecule has 5 atom stereocenters. The van der Waals surface area contributed by atoms with Gasteiger partial charge >= 0.3 is 12.1 Å². The first-order valence-electron chi connectivity index (χ1n) is 14.7. The monoisotopic (exact) mass is 575 g/mol. The number of nitrogens with one attached hydrogen (secondary N) is 2. The van der Waals surface area contributed by atoms with E-state index in [4.69, 9.17) is 16.7 Å². The Hall–Kier alpha value is -1.14. The highest BCUT2D eigenvalue weighted by atomic mass is 35.5. The van der Waals surface area contributed by atoms with E-state index in [-0.39, 0.29) is 29.0 Å². The van der Waals surface area contributed by atoms with Gasteiger partial charge in [0, 0.05) is 44.1 Å². The number of halogens is 4. The lowest BCUT2D eigenvalue weighted by molar-refractivity contribution is -0.207. The molecule has 220 valence electrons. The molecule has 6 fully saturated rings. The van der Waals surface area contributed by atoms with Crippen molar-refractivity contribution in [3.63, 3.8) is 0 Å². The molecule has 3 N–H and O–H groups in total. The van der Waals surface area contributed by atoms with Gasteiger partial charge in [-0.15, -0.1) is 11.6 Å². The zero-order valence-corrected chi connectivity index (χ0v) is 23.3. The van der Waals surface area contributed by atoms with Crippen LogP contribution in [0.25, 0.3) is 0 Å². The molecule has 3 saturated heterocycles. The number of amides is 1. The summed E-state index contributed by atoms with van der Waals surface area (Å²) in [6, 6.07) is -0.850. The van der Waals surface area contributed by atoms with E-state index in [2.05, 4.69) is 20.7 Å². The average molecular weight is 576 g/mol. The third kappa shape index (κ3) is 5.08. The predicted octanol–water partition coefficient (Wildman–Crippen LogP) is 3.36. The minimum Gasteiger partial charge on any atom is -0.481 e. The van der Waals surface area contributed by atoms with E-state index >= 15 is 0 Å². The lowest BCUT2D eigenvalue weighted by atomic mass is 9.48. The number of fused-ring (bicyclic) bond motifs is 3. The van der Waals surface area contributed by atoms with Crippen molar-refractivity contribution in [2.75, 3.05) is 20.1 Å². The first-order valence-corrected chi connectivity index (χ1v) is 15.1. The van der Waals surface area contributed by atoms with Crippen LogP contribution in [0.5, 0.6) is 0 Å². The summed E-state index contributed by atoms with van der Waals surface area (Å²) in [5, 5.41) is 15.0. The van der Waals surface area contributed by atoms with Gasteiger partial charge in [0.05, 0.1) is 17.6 Å². The fourth-order valence-corrected chi connectivity index (χ4v) is 9.39. The standard InChI is InChI=1S/C27H41ClF3N5O3/c1-34(24(37)16-10-26(11-16)12-17(13-26)25(38)39)23(27(29,30)31)15-4-6-18(7-5-15)35-8-2-3-19-20(35)14-32-22-9-21(28)33-36(19)22/h15-23,32-33H,2-14H2,1H3,(H,38,39)/t15?,16?,17?,18?,19?,20?,21?,22?,23-,26?/m0/s1. The maximum absolute atomic E-state index is 14.4. The predicted molar refractivity (Wildman–Crippen MR) is 138 cm³/mol. The second-order valence-corrected chi connectivity index (χ2v) is 13.8. The van der Waals surface area contributed by atoms with Gasteiger partial charge in [-0.05, 0) is 82.1 Å². The summed E-state index contributed by atoms with van der Waals surface area (Å²) in [5.41, 5.74) is 3.18. The molecule has 0 bridgehead atoms. The van der Waals surface area contributed by atoms with Crippen molar-refractivity contribution < 1.29 is 27.9 Å². The second-order valence-electron chi connectivity index (χ2n) is 13.2. The molecule has 4 unspecified atom stereocenters. The number of carbonyl (C=O) groups is 2. The molecule has 0 aromatic rings. The molecule has 39 heavy (non-hydrogen) atoms. The van der Waals surface area contributed by atoms with Crippen LogP contribution >= 0.6 is 11.6 Å². The zero-order chi connectivity index (χ0) is 27.7. The average Bonchev–Trinajstić information content (AvgIpc) is 3.22. The summed E-state index contributed by atoms with van der Waals surface area (Å²) >= 11 is 6.36. The van der Waals surface area contributed by atoms with Crippen LogP contribution in [-0.2, 0) is 9.59 Å². The van der Waals surface area contributed by atoms with Crippen molar-refractivity contribution in [1.82, 2.24) is 25.6 Å². The Morgan fingerprint density at radius 3 is 2.36 bits per heavy atom. The van der Waals surface area contributed by atoms with Crippen molar-refractivity contribution in [3.8, 4) is 0 Å². The van der Waals surface area contributed by atoms with Crippen LogP contribution in [0.4, 0.5) is 13.2 Å². The van der Waals surface area contributed by atoms with Crippen molar-refractivity contribution in [1.29, 1.82) is 0 Å². The van der Waals surface area contributed by atoms with Gasteiger partial charge in [-0.2, -0.15) is 13.2 Å². The summed E-state index contributed by atoms with van der Waals surface area (Å²) in [5.74, 6) is -2.65. The number of alkyl halides is 4. The van der Waals surface area contributed by atoms with Crippen molar-refractivity contribution in [3.05, 3.63) is 0 Å². The largest absolute Gasteiger partial charge is 0.481 e. The topological polar surface area (TPSA) is 88.1 Å². The lowest BCUT2D eigenvalue weighted by Crippen LogP contribution is -2.70. The van der Waals surface area contributed by atoms with Gasteiger partial charge < -0.3 is 10.0 Å². The van der Waals surface area contributed by atoms with E-state index < -0.39 is 35.9 Å². The maximum atomic E-state index is 14.4. The Balaban J connectivity index is 1.06. The van der Waals surface area contributed by atoms with Gasteiger partial charge in [-0.25, -0.2) is 10.4 Å². The smallest absolute Gasteiger partial charge is 0.409 e. The van der Waals surface area contributed by atoms with Crippen LogP contribution in [0.15, 0.2) is 0 Å². The van der Waals surface area contributed by atoms with Gasteiger partial charge in [0.1, 0.15) is 6.04 Å². The molecular weight excluding hydrogens is 535 g/mol. The highest BCUT2D eigenvalue weighted by molar-refractivity contribution is 6.20. The Morgan fingerprint density at radius 2 is 1.72 bits per heavy atom. The van der Waals surface area contributed by atoms with Gasteiger partial charge in [0.2, 0.25) is 5.91 Å². The Morgan fingerprint density at radius 1 is 1.05 bits per heavy atom. The molecule has 1 amide bonds. The van der Waals surface area contributed by atoms with E-state index in [1.54, 1.807) is 0 Å². The first kappa shape index (κ1) is 28.0. The number of hydrogen-bond donors (Lipinski definition) is 3. The summed E-state index contributed by atoms with van der Waals surface area (Å²) in [6.07, 6.45) is 3.20. The van der Waals surface area contributed by atoms with Crippen molar-refractivity contribution in [2.45, 2.75) is 113 Å². The number of aliphatic carboxylic acids is 1. The van der Waals surface area contributed by atoms with Crippen molar-refractivity contribution in [2.24, 2.45) is 23.2 Å². The van der Waals surface area contributed by atoms with Crippen LogP contribution < -0.4 is 10.7 Å². The molecule has 6 rings (SSSR count). The molecule has 3 saturated carbocycles. The van der Waals surface area contributed by atoms with Crippen molar-refractivity contribution >= 4 is 23.5 Å². The van der Waals surface area contributed by atoms with E-state index in [1.807, 2.05) is 0 Å². The fraction of sp³-hybridized carbons (Fsp3) is 0.926. The molecular formula is C27H41ClF3N5O3. The Bertz CT molecular complexity index is 949. The number of carbonyl (C=O) groups excluding carboxylic acids is 1. The molecule has 3 heterocycles. The Labute approximate surface area is 232 Å². The molecule has 12 heteroatoms. The normalized spacial score (nSPS) is 43.6. The van der Waals surface area contributed by atoms with E-state index in [0.717, 1.165) is 37.3 Å². The summed E-state index contributed by atoms with van der Waals surface area (Å²) in [4.78, 5) is 27.8. The highest BCUT2D eigenvalue weighted by Gasteiger charge is 2.59. The third-order valence-corrected chi connectivity index (χ3v) is 11.2. The van der Waals surface area contributed by atoms with E-state index in [9.17, 15) is 22.8 Å². The molecule has 0 aromatic heterocycles. The van der Waals surface area contributed by atoms with Gasteiger partial charge in [0.25, 0.3) is 0 Å². The van der Waals surface area contributed by atoms with Gasteiger partial charge in [0.15, 0.2) is 0 Å². The van der Waals surface area contributed by atoms with Crippen LogP contribution in [-0.4, -0.2) is 93.9 Å². The number of nitrogens with zero attached hydrogens (tertiary/aromatic N) is 3. The molecule has 3 aliphatic carbocycles. The minimum absolute atomic E-state index is 0.0769. The van der Waals surface area contributed by atoms with Crippen LogP contribution in [0.3, 0.4) is 0 Å². The summed E-state index contributed by atoms with van der Waals surface area (Å²) in [6.45, 7) is 1.84. The van der Waals surface area contributed by atoms with Crippen LogP contribution in [0.1, 0.15) is 70.6 Å². The van der Waals surface area contributed by atoms with Crippen LogP contribution in [0.2, 0.25) is 0 Å². The minimum atomic E-state index is -4.48. The molecule has 0 radical (unpaired) electrons. The van der Waals surface area contributed by atoms with E-state index in [0.29, 0.717) is 63.5 Å². The van der Waals surface area contributed by atoms with E-state index in [1.165, 1.54) is 7.05 Å². The second kappa shape index (κ2) is 10.3. The maximum Gasteiger partial charge on any atom is 0.409 e. The molecule has 8 nitrogen and oxygen atoms in total. The lowest BCUT2D eigenvalue weighted by Gasteiger charge is -2.57. The molecule has 6 aliphatic rings. The Kier molecular flexibility index (Phi) is 7.39. The first-order chi connectivity index (χ1) is 18.5. The number of hydrazine groups is 1. The number of hydrogen-bond acceptors (Lipinski definition) is 6. The van der Waals surface area contributed by atoms with Crippen LogP contribution in [0, 0.1) is 23.2 Å². The molecule has 1 spiro atoms. The SMILES string of the molecule is CN(C(=O)C1CC2(CC(C(=O)O)C2)C1)[C@@H](C1CCC(N2CCCC3C2CNC2CC(Cl)NN23)CC1)C(F)(F)F. The number of rotatable bonds is 5. The number of piperidine rings is 1. The third-order valence-electron chi connectivity index (χ3n) is 10.9. The highest BCUT2D eigenvalue weighted by Crippen LogP contribution is 2.61. The van der Waals surface area contributed by atoms with Gasteiger partial charge in [-0.1, -0.05) is 0 Å². The zero-order valence-electron chi connectivity index (χ0n) is 22.5. The quantitative estimate of drug-likeness (QED) is 0.342. The molecule has 3 aliphatic heterocycles.